The third-order valence-corrected chi connectivity index (χ3v) is 12.2. The lowest BCUT2D eigenvalue weighted by atomic mass is 9.82. The zero-order chi connectivity index (χ0) is 41.9. The van der Waals surface area contributed by atoms with Gasteiger partial charge in [-0.25, -0.2) is 0 Å². The van der Waals surface area contributed by atoms with Crippen molar-refractivity contribution in [1.29, 1.82) is 0 Å². The summed E-state index contributed by atoms with van der Waals surface area (Å²) in [6.45, 7) is 11.0. The topological polar surface area (TPSA) is 4.93 Å². The van der Waals surface area contributed by atoms with E-state index in [2.05, 4.69) is 252 Å². The first-order valence-electron chi connectivity index (χ1n) is 21.3. The van der Waals surface area contributed by atoms with Crippen LogP contribution in [0.3, 0.4) is 0 Å². The Hall–Kier alpha value is -7.22. The van der Waals surface area contributed by atoms with Gasteiger partial charge >= 0.3 is 0 Å². The number of benzene rings is 9. The van der Waals surface area contributed by atoms with Crippen LogP contribution < -0.4 is 0 Å². The molecule has 1 aromatic heterocycles. The van der Waals surface area contributed by atoms with Gasteiger partial charge in [0, 0.05) is 21.9 Å². The number of hydrogen-bond donors (Lipinski definition) is 0. The second-order valence-corrected chi connectivity index (χ2v) is 16.8. The van der Waals surface area contributed by atoms with E-state index in [1.165, 1.54) is 99.8 Å². The summed E-state index contributed by atoms with van der Waals surface area (Å²) in [7, 11) is 0. The molecule has 0 fully saturated rings. The van der Waals surface area contributed by atoms with E-state index in [1.54, 1.807) is 0 Å². The zero-order valence-corrected chi connectivity index (χ0v) is 35.7. The van der Waals surface area contributed by atoms with E-state index < -0.39 is 0 Å². The lowest BCUT2D eigenvalue weighted by molar-refractivity contribution is 0.660. The van der Waals surface area contributed by atoms with Gasteiger partial charge in [-0.05, 0) is 101 Å². The summed E-state index contributed by atoms with van der Waals surface area (Å²) in [5.41, 5.74) is 21.0. The summed E-state index contributed by atoms with van der Waals surface area (Å²) in [6, 6.07) is 78.3. The molecule has 0 atom stereocenters. The summed E-state index contributed by atoms with van der Waals surface area (Å²) in [5.74, 6) is 0. The van der Waals surface area contributed by atoms with Gasteiger partial charge in [0.05, 0.1) is 11.0 Å². The first-order chi connectivity index (χ1) is 29.7. The van der Waals surface area contributed by atoms with Crippen molar-refractivity contribution in [2.45, 2.75) is 40.0 Å². The Labute approximate surface area is 361 Å². The van der Waals surface area contributed by atoms with E-state index in [-0.39, 0.29) is 5.41 Å². The molecule has 1 heteroatoms. The van der Waals surface area contributed by atoms with Gasteiger partial charge in [-0.3, -0.25) is 0 Å². The molecule has 11 rings (SSSR count). The minimum atomic E-state index is 0.152. The smallest absolute Gasteiger partial charge is 0.0547 e. The van der Waals surface area contributed by atoms with Crippen LogP contribution in [-0.4, -0.2) is 4.57 Å². The Kier molecular flexibility index (Phi) is 10.8. The molecular formula is C60H51N. The maximum Gasteiger partial charge on any atom is 0.0547 e. The van der Waals surface area contributed by atoms with Gasteiger partial charge in [0.25, 0.3) is 0 Å². The van der Waals surface area contributed by atoms with Crippen LogP contribution in [0.5, 0.6) is 0 Å². The van der Waals surface area contributed by atoms with E-state index in [9.17, 15) is 0 Å². The maximum absolute atomic E-state index is 2.41. The summed E-state index contributed by atoms with van der Waals surface area (Å²) in [4.78, 5) is 0. The van der Waals surface area contributed by atoms with E-state index in [0.29, 0.717) is 0 Å². The molecule has 1 aliphatic carbocycles. The third-order valence-electron chi connectivity index (χ3n) is 12.2. The van der Waals surface area contributed by atoms with Crippen LogP contribution in [0.4, 0.5) is 0 Å². The van der Waals surface area contributed by atoms with Gasteiger partial charge < -0.3 is 4.57 Å². The molecule has 0 saturated carbocycles. The number of aromatic nitrogens is 1. The summed E-state index contributed by atoms with van der Waals surface area (Å²) >= 11 is 0. The highest BCUT2D eigenvalue weighted by atomic mass is 15.0. The molecule has 296 valence electrons. The van der Waals surface area contributed by atoms with Crippen LogP contribution in [0, 0.1) is 20.8 Å². The predicted molar refractivity (Wildman–Crippen MR) is 262 cm³/mol. The van der Waals surface area contributed by atoms with Gasteiger partial charge in [-0.15, -0.1) is 0 Å². The number of aryl methyl sites for hydroxylation is 3. The molecule has 0 saturated heterocycles. The quantitative estimate of drug-likeness (QED) is 0.167. The molecular weight excluding hydrogens is 735 g/mol. The zero-order valence-electron chi connectivity index (χ0n) is 35.7. The summed E-state index contributed by atoms with van der Waals surface area (Å²) < 4.78 is 2.41. The van der Waals surface area contributed by atoms with Gasteiger partial charge in [-0.1, -0.05) is 225 Å². The minimum Gasteiger partial charge on any atom is -0.309 e. The molecule has 0 unspecified atom stereocenters. The highest BCUT2D eigenvalue weighted by Gasteiger charge is 2.34. The number of hydrogen-bond acceptors (Lipinski definition) is 0. The van der Waals surface area contributed by atoms with Crippen molar-refractivity contribution in [3.05, 3.63) is 246 Å². The molecule has 0 radical (unpaired) electrons. The minimum absolute atomic E-state index is 0.152. The molecule has 1 heterocycles. The number of fused-ring (bicyclic) bond motifs is 6. The van der Waals surface area contributed by atoms with Crippen LogP contribution in [0.25, 0.3) is 72.0 Å². The lowest BCUT2D eigenvalue weighted by Crippen LogP contribution is -2.14. The Morgan fingerprint density at radius 3 is 1.23 bits per heavy atom. The number of rotatable bonds is 4. The fourth-order valence-corrected chi connectivity index (χ4v) is 8.82. The average molecular weight is 786 g/mol. The van der Waals surface area contributed by atoms with E-state index in [0.717, 1.165) is 0 Å². The van der Waals surface area contributed by atoms with Gasteiger partial charge in [0.2, 0.25) is 0 Å². The molecule has 1 aliphatic rings. The second kappa shape index (κ2) is 16.8. The standard InChI is InChI=1S/C31H23N.C16H16.C13H12/c1-22-12-16-27(17-13-22)32-30-20-25(23-8-4-2-5-9-23)14-18-28(30)29-19-15-26(21-31(29)32)24-10-6-3-7-11-24;1-11-8-9-15-13(10-11)12-6-4-5-7-14(12)16(15,2)3;1-11-7-9-13(10-8-11)12-5-3-2-4-6-12/h2-21H,1H3;4-10H,1-3H3;2-10H,1H3. The first kappa shape index (κ1) is 39.3. The maximum atomic E-state index is 2.41. The van der Waals surface area contributed by atoms with Crippen LogP contribution in [-0.2, 0) is 5.41 Å². The Morgan fingerprint density at radius 1 is 0.311 bits per heavy atom. The van der Waals surface area contributed by atoms with Crippen molar-refractivity contribution in [3.63, 3.8) is 0 Å². The van der Waals surface area contributed by atoms with Crippen molar-refractivity contribution >= 4 is 21.8 Å². The Balaban J connectivity index is 0.000000136. The van der Waals surface area contributed by atoms with Crippen LogP contribution in [0.15, 0.2) is 218 Å². The van der Waals surface area contributed by atoms with E-state index in [4.69, 9.17) is 0 Å². The van der Waals surface area contributed by atoms with Gasteiger partial charge in [0.15, 0.2) is 0 Å². The lowest BCUT2D eigenvalue weighted by Gasteiger charge is -2.21. The molecule has 1 nitrogen and oxygen atoms in total. The summed E-state index contributed by atoms with van der Waals surface area (Å²) in [5, 5.41) is 2.56. The predicted octanol–water partition coefficient (Wildman–Crippen LogP) is 16.4. The third kappa shape index (κ3) is 7.96. The fourth-order valence-electron chi connectivity index (χ4n) is 8.82. The molecule has 0 bridgehead atoms. The van der Waals surface area contributed by atoms with Crippen molar-refractivity contribution in [2.75, 3.05) is 0 Å². The first-order valence-corrected chi connectivity index (χ1v) is 21.3. The van der Waals surface area contributed by atoms with Crippen LogP contribution >= 0.6 is 0 Å². The molecule has 61 heavy (non-hydrogen) atoms. The van der Waals surface area contributed by atoms with Crippen LogP contribution in [0.1, 0.15) is 41.7 Å². The van der Waals surface area contributed by atoms with Crippen molar-refractivity contribution in [1.82, 2.24) is 4.57 Å². The molecule has 0 N–H and O–H groups in total. The Morgan fingerprint density at radius 2 is 0.705 bits per heavy atom. The normalized spacial score (nSPS) is 12.1. The largest absolute Gasteiger partial charge is 0.309 e. The highest BCUT2D eigenvalue weighted by Crippen LogP contribution is 2.48. The SMILES string of the molecule is Cc1ccc(-c2ccccc2)cc1.Cc1ccc(-n2c3cc(-c4ccccc4)ccc3c3ccc(-c4ccccc4)cc32)cc1.Cc1ccc2c(c1)-c1ccccc1C2(C)C. The van der Waals surface area contributed by atoms with Crippen molar-refractivity contribution in [2.24, 2.45) is 0 Å². The van der Waals surface area contributed by atoms with Gasteiger partial charge in [0.1, 0.15) is 0 Å². The molecule has 0 spiro atoms. The second-order valence-electron chi connectivity index (χ2n) is 16.8. The molecule has 9 aromatic carbocycles. The summed E-state index contributed by atoms with van der Waals surface area (Å²) in [6.07, 6.45) is 0. The van der Waals surface area contributed by atoms with Crippen LogP contribution in [0.2, 0.25) is 0 Å². The fraction of sp³-hybridized carbons (Fsp3) is 0.100. The van der Waals surface area contributed by atoms with Crippen molar-refractivity contribution < 1.29 is 0 Å². The average Bonchev–Trinajstić information content (AvgIpc) is 3.75. The van der Waals surface area contributed by atoms with Crippen molar-refractivity contribution in [3.8, 4) is 50.2 Å². The molecule has 0 amide bonds. The number of nitrogens with zero attached hydrogens (tertiary/aromatic N) is 1. The highest BCUT2D eigenvalue weighted by molar-refractivity contribution is 6.11. The monoisotopic (exact) mass is 785 g/mol. The van der Waals surface area contributed by atoms with E-state index in [1.807, 2.05) is 6.07 Å². The Bertz CT molecular complexity index is 2980. The molecule has 0 aliphatic heterocycles. The van der Waals surface area contributed by atoms with E-state index >= 15 is 0 Å². The van der Waals surface area contributed by atoms with Gasteiger partial charge in [-0.2, -0.15) is 0 Å². The molecule has 10 aromatic rings.